The third kappa shape index (κ3) is 45.2. The van der Waals surface area contributed by atoms with Crippen LogP contribution in [0.3, 0.4) is 0 Å². The molecule has 844 valence electrons. The van der Waals surface area contributed by atoms with Crippen LogP contribution in [0.5, 0.6) is 0 Å². The molecule has 8 heterocycles. The Morgan fingerprint density at radius 3 is 1.08 bits per heavy atom. The summed E-state index contributed by atoms with van der Waals surface area (Å²) < 4.78 is 225. The van der Waals surface area contributed by atoms with Crippen LogP contribution in [0.1, 0.15) is 170 Å². The highest BCUT2D eigenvalue weighted by Crippen LogP contribution is 2.62. The van der Waals surface area contributed by atoms with Crippen LogP contribution in [0.2, 0.25) is 0 Å². The van der Waals surface area contributed by atoms with E-state index in [2.05, 4.69) is 30.9 Å². The van der Waals surface area contributed by atoms with E-state index in [-0.39, 0.29) is 90.6 Å². The lowest BCUT2D eigenvalue weighted by Crippen LogP contribution is -2.64. The predicted octanol–water partition coefficient (Wildman–Crippen LogP) is -1.19. The van der Waals surface area contributed by atoms with Crippen molar-refractivity contribution in [1.29, 1.82) is 0 Å². The van der Waals surface area contributed by atoms with E-state index in [1.165, 1.54) is 13.8 Å². The van der Waals surface area contributed by atoms with Gasteiger partial charge in [-0.05, 0) is 59.3 Å². The number of ether oxygens (including phenoxy) is 15. The quantitative estimate of drug-likeness (QED) is 0.0252. The van der Waals surface area contributed by atoms with Gasteiger partial charge in [0.15, 0.2) is 43.5 Å². The molecule has 0 saturated carbocycles. The van der Waals surface area contributed by atoms with Gasteiger partial charge in [-0.15, -0.1) is 0 Å². The number of nitrogens with one attached hydrogen (secondary N) is 5. The van der Waals surface area contributed by atoms with Crippen LogP contribution in [0, 0.1) is 5.92 Å². The molecule has 11 unspecified atom stereocenters. The number of hydrogen-bond donors (Lipinski definition) is 20. The molecular formula is C81H147N5O53P6. The smallest absolute Gasteiger partial charge is 0.394 e. The summed E-state index contributed by atoms with van der Waals surface area (Å²) in [6, 6.07) is -3.51. The first-order valence-electron chi connectivity index (χ1n) is 47.9. The van der Waals surface area contributed by atoms with Crippen LogP contribution in [-0.2, 0) is 177 Å². The molecule has 8 aliphatic rings. The Morgan fingerprint density at radius 1 is 0.352 bits per heavy atom. The van der Waals surface area contributed by atoms with Crippen LogP contribution in [0.15, 0.2) is 0 Å². The summed E-state index contributed by atoms with van der Waals surface area (Å²) in [5, 5.41) is 104. The number of hydrogen-bond acceptors (Lipinski definition) is 47. The molecule has 64 heteroatoms. The fourth-order valence-electron chi connectivity index (χ4n) is 16.2. The van der Waals surface area contributed by atoms with Gasteiger partial charge in [0.05, 0.1) is 83.9 Å². The fourth-order valence-corrected chi connectivity index (χ4v) is 22.3. The molecule has 20 N–H and O–H groups in total. The second kappa shape index (κ2) is 61.9. The molecular weight excluding hydrogens is 2080 g/mol. The van der Waals surface area contributed by atoms with E-state index < -0.39 is 339 Å². The Balaban J connectivity index is 0.807. The van der Waals surface area contributed by atoms with Gasteiger partial charge >= 0.3 is 46.9 Å². The van der Waals surface area contributed by atoms with Crippen LogP contribution in [-0.4, -0.2) is 414 Å². The molecule has 0 spiro atoms. The topological polar surface area (TPSA) is 808 Å². The molecule has 5 amide bonds. The van der Waals surface area contributed by atoms with Gasteiger partial charge in [0.1, 0.15) is 136 Å². The number of phosphoric acid groups is 6. The highest BCUT2D eigenvalue weighted by molar-refractivity contribution is 7.61. The molecule has 0 aromatic rings. The van der Waals surface area contributed by atoms with Crippen molar-refractivity contribution in [2.75, 3.05) is 132 Å². The number of carbonyl (C=O) groups is 6. The molecule has 8 fully saturated rings. The maximum atomic E-state index is 14.0. The lowest BCUT2D eigenvalue weighted by molar-refractivity contribution is -0.268. The standard InChI is InChI=1S/C81H147N5O53P6/c1-47-57(36-87)131-78(70(73(47)97)84-48(2)91)120-45-65(95)82-24-17-11-14-20-28-118-69-35-56(138-145(112,113)139-144(110,111)123-32-31-122-81(5,6)7)64(130-69)44-127-141(104,105)135-53-23-30-115-62(53)42-125-143(108,109)137-55-34-68(117-26-18-12-8-9-15-21-51(94)40-119-79-71(85-49(3)92)76(100)74(98)59(38-89)132-79)129-63(55)43-126-140(102,103)134-52-22-29-114-61(52)41-124-142(106,107)136-54-33-67(128-58(54)37-88)116-27-19-13-10-16-25-83-66(96)46-121-80-72(86-50(4)93)77(101)75(99)60(39-90)133-80/h47,52-64,67-80,87-90,97-101H,8-46H2,1-7H3,(H,82,95)(H,83,96)(H,84,91)(H,85,92)(H,86,93)(H,102,103)(H,104,105)(H,106,107)(H,108,109)(H,110,111)(H,112,113)/t47-,52?,53?,54?,55?,56?,57+,58+,59+,60+,61+,62+,63+,64+,67+,68+,69+,70+,71+,72+,73-,74-,75-,76+,77+,78+,79+,80+/m0/s1. The molecule has 8 rings (SSSR count). The number of rotatable bonds is 69. The summed E-state index contributed by atoms with van der Waals surface area (Å²) in [7, 11) is -32.0. The van der Waals surface area contributed by atoms with E-state index in [1.54, 1.807) is 27.7 Å². The zero-order chi connectivity index (χ0) is 107. The summed E-state index contributed by atoms with van der Waals surface area (Å²) in [5.74, 6) is -3.66. The van der Waals surface area contributed by atoms with Crippen LogP contribution in [0.4, 0.5) is 0 Å². The minimum absolute atomic E-state index is 0.00575. The Morgan fingerprint density at radius 2 is 0.690 bits per heavy atom. The second-order valence-corrected chi connectivity index (χ2v) is 45.1. The van der Waals surface area contributed by atoms with Crippen molar-refractivity contribution in [3.63, 3.8) is 0 Å². The zero-order valence-corrected chi connectivity index (χ0v) is 87.0. The van der Waals surface area contributed by atoms with Crippen LogP contribution in [0.25, 0.3) is 0 Å². The minimum atomic E-state index is -5.61. The van der Waals surface area contributed by atoms with Crippen molar-refractivity contribution in [3.8, 4) is 0 Å². The van der Waals surface area contributed by atoms with Gasteiger partial charge in [-0.25, -0.2) is 27.4 Å². The lowest BCUT2D eigenvalue weighted by Gasteiger charge is -2.43. The van der Waals surface area contributed by atoms with E-state index in [4.69, 9.17) is 116 Å². The number of aliphatic hydroxyl groups excluding tert-OH is 9. The summed E-state index contributed by atoms with van der Waals surface area (Å²) in [6.45, 7) is 2.08. The normalized spacial score (nSPS) is 33.4. The van der Waals surface area contributed by atoms with E-state index in [0.29, 0.717) is 83.5 Å². The summed E-state index contributed by atoms with van der Waals surface area (Å²) >= 11 is 0. The first-order chi connectivity index (χ1) is 68.4. The van der Waals surface area contributed by atoms with Gasteiger partial charge in [0.2, 0.25) is 29.5 Å². The van der Waals surface area contributed by atoms with Gasteiger partial charge in [0, 0.05) is 111 Å². The maximum absolute atomic E-state index is 14.0. The predicted molar refractivity (Wildman–Crippen MR) is 486 cm³/mol. The molecule has 145 heavy (non-hydrogen) atoms. The number of phosphoric ester groups is 6. The highest BCUT2D eigenvalue weighted by atomic mass is 31.3. The third-order valence-corrected chi connectivity index (χ3v) is 30.4. The van der Waals surface area contributed by atoms with Crippen molar-refractivity contribution in [3.05, 3.63) is 0 Å². The molecule has 0 aliphatic carbocycles. The van der Waals surface area contributed by atoms with E-state index in [9.17, 15) is 131 Å². The van der Waals surface area contributed by atoms with Crippen molar-refractivity contribution in [2.24, 2.45) is 5.92 Å². The first kappa shape index (κ1) is 127. The Kier molecular flexibility index (Phi) is 54.2. The highest BCUT2D eigenvalue weighted by Gasteiger charge is 2.53. The molecule has 0 aromatic heterocycles. The molecule has 0 aromatic carbocycles. The average Bonchev–Trinajstić information content (AvgIpc) is 1.81. The lowest BCUT2D eigenvalue weighted by atomic mass is 9.89. The number of Topliss-reactive ketones (excluding diaryl/α,β-unsaturated/α-hetero) is 1. The summed E-state index contributed by atoms with van der Waals surface area (Å²) in [6.07, 6.45) is -27.1. The van der Waals surface area contributed by atoms with E-state index in [1.807, 2.05) is 0 Å². The summed E-state index contributed by atoms with van der Waals surface area (Å²) in [4.78, 5) is 139. The molecule has 0 radical (unpaired) electrons. The monoisotopic (exact) mass is 2220 g/mol. The molecule has 58 nitrogen and oxygen atoms in total. The van der Waals surface area contributed by atoms with Crippen molar-refractivity contribution in [2.45, 2.75) is 342 Å². The van der Waals surface area contributed by atoms with Gasteiger partial charge in [-0.3, -0.25) is 74.0 Å². The Labute approximate surface area is 837 Å². The number of carbonyl (C=O) groups excluding carboxylic acids is 6. The van der Waals surface area contributed by atoms with E-state index in [0.717, 1.165) is 6.92 Å². The van der Waals surface area contributed by atoms with Gasteiger partial charge in [0.25, 0.3) is 0 Å². The first-order valence-corrected chi connectivity index (χ1v) is 56.9. The molecule has 0 bridgehead atoms. The molecule has 34 atom stereocenters. The van der Waals surface area contributed by atoms with Crippen molar-refractivity contribution >= 4 is 82.3 Å². The number of amides is 5. The largest absolute Gasteiger partial charge is 0.481 e. The zero-order valence-electron chi connectivity index (χ0n) is 81.6. The van der Waals surface area contributed by atoms with Crippen molar-refractivity contribution < 1.29 is 252 Å². The number of ketones is 1. The maximum Gasteiger partial charge on any atom is 0.481 e. The molecule has 8 aliphatic heterocycles. The van der Waals surface area contributed by atoms with Crippen LogP contribution < -0.4 is 26.6 Å². The summed E-state index contributed by atoms with van der Waals surface area (Å²) in [5.41, 5.74) is -0.704. The van der Waals surface area contributed by atoms with E-state index >= 15 is 0 Å². The molecule has 8 saturated heterocycles. The van der Waals surface area contributed by atoms with Crippen LogP contribution >= 0.6 is 46.9 Å². The minimum Gasteiger partial charge on any atom is -0.394 e. The number of unbranched alkanes of at least 4 members (excludes halogenated alkanes) is 10. The van der Waals surface area contributed by atoms with Gasteiger partial charge < -0.3 is 173 Å². The Bertz CT molecular complexity index is 4220. The average molecular weight is 2220 g/mol. The number of aliphatic hydroxyl groups is 9. The fraction of sp³-hybridized carbons (Fsp3) is 0.926. The van der Waals surface area contributed by atoms with Gasteiger partial charge in [-0.1, -0.05) is 51.9 Å². The third-order valence-electron chi connectivity index (χ3n) is 23.6. The van der Waals surface area contributed by atoms with Crippen molar-refractivity contribution in [1.82, 2.24) is 26.6 Å². The Hall–Kier alpha value is -3.24. The SMILES string of the molecule is CC(=O)N[C@H]1[C@H](OCC(=O)NCCCCCCO[C@H]2CC(OP(=O)(O)OP(=O)(O)OCCOC(C)(C)C)[C@@H](COP(=O)(O)OC3CCO[C@@H]3COP(=O)(O)OC3C[C@H](OCCCCCCCC(=O)CO[C@@H]4O[C@H](CO)[C@H](O)[C@H](O)[C@H]4NC(C)=O)O[C@@H]3COP(=O)(O)OC3CCO[C@@H]3COP(=O)(O)OC3C[C@H](OCCCCCCNC(=O)CO[C@@H]4O[C@H](CO)[C@H](O)[C@H](O)[C@H]4NC(C)=O)O[C@@H]3CO)O2)O[C@H](CO)[C@H](C)[C@@H]1O. The second-order valence-electron chi connectivity index (χ2n) is 36.5. The van der Waals surface area contributed by atoms with Gasteiger partial charge in [-0.2, -0.15) is 4.31 Å².